The molecule has 14 heteroatoms. The van der Waals surface area contributed by atoms with Crippen molar-refractivity contribution in [2.45, 2.75) is 64.7 Å². The molecule has 3 aliphatic rings. The minimum absolute atomic E-state index is 0.0625. The summed E-state index contributed by atoms with van der Waals surface area (Å²) in [6.07, 6.45) is 9.21. The summed E-state index contributed by atoms with van der Waals surface area (Å²) in [6, 6.07) is 7.21. The number of hydrogen-bond donors (Lipinski definition) is 0. The van der Waals surface area contributed by atoms with Crippen molar-refractivity contribution >= 4 is 40.6 Å². The van der Waals surface area contributed by atoms with Gasteiger partial charge in [-0.05, 0) is 56.7 Å². The molecule has 46 heavy (non-hydrogen) atoms. The minimum atomic E-state index is -0.785. The van der Waals surface area contributed by atoms with Crippen LogP contribution in [0.5, 0.6) is 0 Å². The molecule has 0 saturated heterocycles. The average Bonchev–Trinajstić information content (AvgIpc) is 3.52. The molecule has 14 nitrogen and oxygen atoms in total. The van der Waals surface area contributed by atoms with Gasteiger partial charge in [-0.15, -0.1) is 0 Å². The van der Waals surface area contributed by atoms with Gasteiger partial charge in [0.2, 0.25) is 0 Å². The van der Waals surface area contributed by atoms with Crippen LogP contribution in [0.15, 0.2) is 80.1 Å². The van der Waals surface area contributed by atoms with Crippen LogP contribution >= 0.6 is 0 Å². The quantitative estimate of drug-likeness (QED) is 0.385. The fourth-order valence-electron chi connectivity index (χ4n) is 5.92. The van der Waals surface area contributed by atoms with Crippen molar-refractivity contribution in [1.82, 2.24) is 18.3 Å². The van der Waals surface area contributed by atoms with Gasteiger partial charge < -0.3 is 4.57 Å². The molecular weight excluding hydrogens is 596 g/mol. The number of amides is 4. The van der Waals surface area contributed by atoms with Gasteiger partial charge in [-0.2, -0.15) is 0 Å². The first-order valence-corrected chi connectivity index (χ1v) is 15.1. The van der Waals surface area contributed by atoms with E-state index in [1.54, 1.807) is 0 Å². The molecule has 4 amide bonds. The van der Waals surface area contributed by atoms with Gasteiger partial charge in [0, 0.05) is 62.9 Å². The molecule has 0 radical (unpaired) electrons. The van der Waals surface area contributed by atoms with E-state index in [1.807, 2.05) is 0 Å². The predicted octanol–water partition coefficient (Wildman–Crippen LogP) is 0.774. The van der Waals surface area contributed by atoms with Crippen molar-refractivity contribution in [3.05, 3.63) is 108 Å². The molecule has 0 atom stereocenters. The Bertz CT molecular complexity index is 2080. The van der Waals surface area contributed by atoms with Crippen LogP contribution in [-0.4, -0.2) is 41.9 Å². The number of carbonyl (C=O) groups excluding carboxylic acids is 4. The number of anilines is 2. The van der Waals surface area contributed by atoms with Gasteiger partial charge in [-0.3, -0.25) is 42.5 Å². The van der Waals surface area contributed by atoms with Crippen LogP contribution in [0.1, 0.15) is 44.1 Å². The Morgan fingerprint density at radius 1 is 0.565 bits per heavy atom. The van der Waals surface area contributed by atoms with E-state index >= 15 is 0 Å². The smallest absolute Gasteiger partial charge is 0.300 e. The monoisotopic (exact) mass is 626 g/mol. The third kappa shape index (κ3) is 5.53. The second kappa shape index (κ2) is 12.4. The molecule has 6 rings (SSSR count). The van der Waals surface area contributed by atoms with Crippen LogP contribution in [-0.2, 0) is 45.4 Å². The minimum Gasteiger partial charge on any atom is -0.300 e. The number of nitrogens with zero attached hydrogens (tertiary/aromatic N) is 6. The number of hydrogen-bond acceptors (Lipinski definition) is 8. The number of aromatic nitrogens is 4. The van der Waals surface area contributed by atoms with Crippen LogP contribution in [0, 0.1) is 0 Å². The average molecular weight is 627 g/mol. The molecule has 4 bridgehead atoms. The van der Waals surface area contributed by atoms with Gasteiger partial charge in [0.05, 0.1) is 22.5 Å². The lowest BCUT2D eigenvalue weighted by molar-refractivity contribution is -0.121. The summed E-state index contributed by atoms with van der Waals surface area (Å²) in [6.45, 7) is 0.866. The lowest BCUT2D eigenvalue weighted by Crippen LogP contribution is -2.42. The van der Waals surface area contributed by atoms with E-state index in [-0.39, 0.29) is 53.4 Å². The van der Waals surface area contributed by atoms with Crippen molar-refractivity contribution in [1.29, 1.82) is 0 Å². The third-order valence-corrected chi connectivity index (χ3v) is 8.31. The molecule has 3 aliphatic heterocycles. The number of imide groups is 2. The number of rotatable bonds is 3. The number of fused-ring (bicyclic) bond motifs is 4. The molecular formula is C32H30N6O8. The normalized spacial score (nSPS) is 17.6. The molecule has 5 heterocycles. The molecule has 0 fully saturated rings. The topological polar surface area (TPSA) is 163 Å². The zero-order valence-electron chi connectivity index (χ0n) is 24.8. The van der Waals surface area contributed by atoms with Crippen LogP contribution in [0.3, 0.4) is 0 Å². The SMILES string of the molecule is O=C1C=CC(=O)N1c1cccc(N2C(=O)C=C(c3cn4c(=O)n(c3=O)CCCCCn3ccc(=O)n(c3=O)CCCCC4)C2=O)c1. The Hall–Kier alpha value is -5.66. The highest BCUT2D eigenvalue weighted by Gasteiger charge is 2.36. The highest BCUT2D eigenvalue weighted by atomic mass is 16.2. The van der Waals surface area contributed by atoms with Crippen LogP contribution < -0.4 is 32.3 Å². The van der Waals surface area contributed by atoms with E-state index in [9.17, 15) is 38.4 Å². The Morgan fingerprint density at radius 3 is 1.85 bits per heavy atom. The van der Waals surface area contributed by atoms with Crippen molar-refractivity contribution in [2.24, 2.45) is 0 Å². The summed E-state index contributed by atoms with van der Waals surface area (Å²) >= 11 is 0. The van der Waals surface area contributed by atoms with Crippen LogP contribution in [0.2, 0.25) is 0 Å². The summed E-state index contributed by atoms with van der Waals surface area (Å²) in [5, 5.41) is 0. The molecule has 0 spiro atoms. The maximum atomic E-state index is 13.7. The van der Waals surface area contributed by atoms with Crippen molar-refractivity contribution in [3.8, 4) is 0 Å². The summed E-state index contributed by atoms with van der Waals surface area (Å²) in [4.78, 5) is 105. The Balaban J connectivity index is 1.29. The second-order valence-corrected chi connectivity index (χ2v) is 11.3. The first-order valence-electron chi connectivity index (χ1n) is 15.1. The van der Waals surface area contributed by atoms with E-state index in [4.69, 9.17) is 0 Å². The van der Waals surface area contributed by atoms with Gasteiger partial charge in [-0.1, -0.05) is 6.07 Å². The number of carbonyl (C=O) groups is 4. The van der Waals surface area contributed by atoms with Gasteiger partial charge in [0.1, 0.15) is 0 Å². The Kier molecular flexibility index (Phi) is 8.17. The standard InChI is InChI=1S/C32H30N6O8/c39-25-12-17-33-13-3-1-6-16-36-29(43)24(20-34(32(36)46)14-4-2-5-15-35(25)31(33)45)23-19-28(42)38(30(23)44)22-9-7-8-21(18-22)37-26(40)10-11-27(37)41/h7-12,17-20H,1-6,13-16H2. The van der Waals surface area contributed by atoms with Gasteiger partial charge in [0.25, 0.3) is 34.7 Å². The summed E-state index contributed by atoms with van der Waals surface area (Å²) in [7, 11) is 0. The lowest BCUT2D eigenvalue weighted by atomic mass is 10.1. The largest absolute Gasteiger partial charge is 0.330 e. The summed E-state index contributed by atoms with van der Waals surface area (Å²) < 4.78 is 5.13. The maximum absolute atomic E-state index is 13.7. The molecule has 0 unspecified atom stereocenters. The van der Waals surface area contributed by atoms with Crippen molar-refractivity contribution in [2.75, 3.05) is 9.80 Å². The van der Waals surface area contributed by atoms with E-state index in [2.05, 4.69) is 0 Å². The highest BCUT2D eigenvalue weighted by Crippen LogP contribution is 2.30. The van der Waals surface area contributed by atoms with E-state index < -0.39 is 34.9 Å². The van der Waals surface area contributed by atoms with E-state index in [1.165, 1.54) is 56.4 Å². The first kappa shape index (κ1) is 30.4. The molecule has 2 aromatic heterocycles. The zero-order valence-corrected chi connectivity index (χ0v) is 24.8. The third-order valence-electron chi connectivity index (χ3n) is 8.31. The van der Waals surface area contributed by atoms with Crippen molar-refractivity contribution < 1.29 is 19.2 Å². The van der Waals surface area contributed by atoms with Crippen LogP contribution in [0.25, 0.3) is 5.57 Å². The maximum Gasteiger partial charge on any atom is 0.330 e. The molecule has 1 aromatic carbocycles. The summed E-state index contributed by atoms with van der Waals surface area (Å²) in [5.41, 5.74) is -1.96. The second-order valence-electron chi connectivity index (χ2n) is 11.3. The summed E-state index contributed by atoms with van der Waals surface area (Å²) in [5.74, 6) is -2.62. The molecule has 0 saturated carbocycles. The van der Waals surface area contributed by atoms with Crippen molar-refractivity contribution in [3.63, 3.8) is 0 Å². The first-order chi connectivity index (χ1) is 22.2. The highest BCUT2D eigenvalue weighted by molar-refractivity contribution is 6.43. The Morgan fingerprint density at radius 2 is 1.15 bits per heavy atom. The predicted molar refractivity (Wildman–Crippen MR) is 166 cm³/mol. The molecule has 3 aromatic rings. The number of benzene rings is 1. The molecule has 0 N–H and O–H groups in total. The molecule has 0 aliphatic carbocycles. The van der Waals surface area contributed by atoms with Gasteiger partial charge in [0.15, 0.2) is 0 Å². The van der Waals surface area contributed by atoms with Crippen LogP contribution in [0.4, 0.5) is 11.4 Å². The fourth-order valence-corrected chi connectivity index (χ4v) is 5.92. The van der Waals surface area contributed by atoms with E-state index in [0.29, 0.717) is 45.1 Å². The van der Waals surface area contributed by atoms with Gasteiger partial charge >= 0.3 is 11.4 Å². The molecule has 236 valence electrons. The number of aryl methyl sites for hydroxylation is 2. The lowest BCUT2D eigenvalue weighted by Gasteiger charge is -2.19. The zero-order chi connectivity index (χ0) is 32.5. The van der Waals surface area contributed by atoms with Gasteiger partial charge in [-0.25, -0.2) is 19.4 Å². The Labute approximate surface area is 260 Å². The van der Waals surface area contributed by atoms with E-state index in [0.717, 1.165) is 32.6 Å². The fraction of sp³-hybridized carbons (Fsp3) is 0.312.